The van der Waals surface area contributed by atoms with E-state index in [9.17, 15) is 9.59 Å². The summed E-state index contributed by atoms with van der Waals surface area (Å²) in [6.07, 6.45) is 1.58. The van der Waals surface area contributed by atoms with Crippen LogP contribution in [0, 0.1) is 0 Å². The molecular formula is C17H16N4O4. The zero-order valence-corrected chi connectivity index (χ0v) is 13.2. The van der Waals surface area contributed by atoms with Gasteiger partial charge in [-0.3, -0.25) is 14.8 Å². The second kappa shape index (κ2) is 7.45. The molecule has 8 heteroatoms. The van der Waals surface area contributed by atoms with Crippen LogP contribution >= 0.6 is 0 Å². The van der Waals surface area contributed by atoms with Gasteiger partial charge in [-0.25, -0.2) is 10.5 Å². The van der Waals surface area contributed by atoms with Crippen molar-refractivity contribution >= 4 is 22.8 Å². The summed E-state index contributed by atoms with van der Waals surface area (Å²) >= 11 is 0. The van der Waals surface area contributed by atoms with E-state index < -0.39 is 5.91 Å². The third-order valence-electron chi connectivity index (χ3n) is 3.56. The van der Waals surface area contributed by atoms with Gasteiger partial charge in [0.1, 0.15) is 12.4 Å². The maximum Gasteiger partial charge on any atom is 0.274 e. The molecule has 128 valence electrons. The lowest BCUT2D eigenvalue weighted by Crippen LogP contribution is -2.28. The molecule has 0 radical (unpaired) electrons. The largest absolute Gasteiger partial charge is 0.492 e. The van der Waals surface area contributed by atoms with Crippen molar-refractivity contribution in [2.24, 2.45) is 0 Å². The fourth-order valence-corrected chi connectivity index (χ4v) is 2.28. The van der Waals surface area contributed by atoms with E-state index in [1.807, 2.05) is 0 Å². The average molecular weight is 340 g/mol. The molecule has 0 aliphatic rings. The molecule has 4 N–H and O–H groups in total. The Morgan fingerprint density at radius 1 is 1.08 bits per heavy atom. The van der Waals surface area contributed by atoms with Crippen LogP contribution in [0.25, 0.3) is 11.0 Å². The van der Waals surface area contributed by atoms with Gasteiger partial charge in [0.15, 0.2) is 0 Å². The van der Waals surface area contributed by atoms with Crippen LogP contribution in [0.5, 0.6) is 5.75 Å². The highest BCUT2D eigenvalue weighted by Crippen LogP contribution is 2.13. The minimum atomic E-state index is -0.590. The van der Waals surface area contributed by atoms with Crippen LogP contribution in [0.2, 0.25) is 0 Å². The number of aromatic amines is 1. The number of imidazole rings is 1. The van der Waals surface area contributed by atoms with Gasteiger partial charge in [-0.1, -0.05) is 0 Å². The van der Waals surface area contributed by atoms with Gasteiger partial charge in [0.2, 0.25) is 0 Å². The molecule has 2 aromatic carbocycles. The number of carbonyl (C=O) groups is 2. The molecule has 3 rings (SSSR count). The van der Waals surface area contributed by atoms with Gasteiger partial charge in [-0.15, -0.1) is 0 Å². The van der Waals surface area contributed by atoms with Gasteiger partial charge >= 0.3 is 0 Å². The van der Waals surface area contributed by atoms with Crippen LogP contribution in [-0.4, -0.2) is 40.1 Å². The van der Waals surface area contributed by atoms with Crippen molar-refractivity contribution in [3.63, 3.8) is 0 Å². The van der Waals surface area contributed by atoms with E-state index in [1.165, 1.54) is 12.1 Å². The third-order valence-corrected chi connectivity index (χ3v) is 3.56. The molecule has 1 aromatic heterocycles. The number of rotatable bonds is 6. The van der Waals surface area contributed by atoms with Crippen LogP contribution in [0.1, 0.15) is 20.7 Å². The van der Waals surface area contributed by atoms with E-state index in [0.717, 1.165) is 11.0 Å². The maximum atomic E-state index is 12.1. The van der Waals surface area contributed by atoms with Crippen molar-refractivity contribution in [2.45, 2.75) is 0 Å². The Balaban J connectivity index is 1.47. The Labute approximate surface area is 142 Å². The lowest BCUT2D eigenvalue weighted by molar-refractivity contribution is 0.0706. The molecule has 0 spiro atoms. The lowest BCUT2D eigenvalue weighted by Gasteiger charge is -2.08. The summed E-state index contributed by atoms with van der Waals surface area (Å²) in [6.45, 7) is 0.613. The summed E-state index contributed by atoms with van der Waals surface area (Å²) in [7, 11) is 0. The molecule has 3 aromatic rings. The van der Waals surface area contributed by atoms with Crippen LogP contribution in [0.3, 0.4) is 0 Å². The third kappa shape index (κ3) is 3.93. The first kappa shape index (κ1) is 16.5. The lowest BCUT2D eigenvalue weighted by atomic mass is 10.2. The SMILES string of the molecule is O=C(NO)c1ccc(OCCNC(=O)c2ccc3nc[nH]c3c2)cc1. The minimum Gasteiger partial charge on any atom is -0.492 e. The molecule has 0 saturated heterocycles. The molecule has 0 saturated carbocycles. The summed E-state index contributed by atoms with van der Waals surface area (Å²) in [5.74, 6) is -0.231. The smallest absolute Gasteiger partial charge is 0.274 e. The van der Waals surface area contributed by atoms with Crippen LogP contribution in [0.4, 0.5) is 0 Å². The van der Waals surface area contributed by atoms with E-state index in [2.05, 4.69) is 15.3 Å². The van der Waals surface area contributed by atoms with Gasteiger partial charge in [-0.2, -0.15) is 0 Å². The van der Waals surface area contributed by atoms with Gasteiger partial charge in [0, 0.05) is 11.1 Å². The number of amides is 2. The molecule has 0 aliphatic heterocycles. The Morgan fingerprint density at radius 2 is 1.84 bits per heavy atom. The highest BCUT2D eigenvalue weighted by Gasteiger charge is 2.07. The van der Waals surface area contributed by atoms with Gasteiger partial charge in [0.25, 0.3) is 11.8 Å². The molecule has 0 bridgehead atoms. The zero-order valence-electron chi connectivity index (χ0n) is 13.2. The molecule has 25 heavy (non-hydrogen) atoms. The van der Waals surface area contributed by atoms with E-state index >= 15 is 0 Å². The number of fused-ring (bicyclic) bond motifs is 1. The standard InChI is InChI=1S/C17H16N4O4/c22-16(12-3-6-14-15(9-12)20-10-19-14)18-7-8-25-13-4-1-11(2-5-13)17(23)21-24/h1-6,9-10,24H,7-8H2,(H,18,22)(H,19,20)(H,21,23). The average Bonchev–Trinajstić information content (AvgIpc) is 3.12. The molecule has 1 heterocycles. The number of benzene rings is 2. The first-order chi connectivity index (χ1) is 12.2. The summed E-state index contributed by atoms with van der Waals surface area (Å²) < 4.78 is 5.49. The summed E-state index contributed by atoms with van der Waals surface area (Å²) in [5, 5.41) is 11.3. The number of aromatic nitrogens is 2. The topological polar surface area (TPSA) is 116 Å². The van der Waals surface area contributed by atoms with Crippen LogP contribution in [-0.2, 0) is 0 Å². The highest BCUT2D eigenvalue weighted by atomic mass is 16.5. The Bertz CT molecular complexity index is 889. The molecule has 8 nitrogen and oxygen atoms in total. The molecule has 0 fully saturated rings. The number of hydrogen-bond donors (Lipinski definition) is 4. The van der Waals surface area contributed by atoms with E-state index in [1.54, 1.807) is 42.1 Å². The van der Waals surface area contributed by atoms with Crippen molar-refractivity contribution in [3.05, 3.63) is 59.9 Å². The van der Waals surface area contributed by atoms with Gasteiger partial charge < -0.3 is 15.0 Å². The minimum absolute atomic E-state index is 0.199. The molecular weight excluding hydrogens is 324 g/mol. The first-order valence-corrected chi connectivity index (χ1v) is 7.56. The molecule has 0 aliphatic carbocycles. The summed E-state index contributed by atoms with van der Waals surface area (Å²) in [5.41, 5.74) is 4.02. The predicted octanol–water partition coefficient (Wildman–Crippen LogP) is 1.49. The zero-order chi connectivity index (χ0) is 17.6. The van der Waals surface area contributed by atoms with E-state index in [4.69, 9.17) is 9.94 Å². The summed E-state index contributed by atoms with van der Waals surface area (Å²) in [6, 6.07) is 11.5. The Hall–Kier alpha value is -3.39. The number of carbonyl (C=O) groups excluding carboxylic acids is 2. The van der Waals surface area contributed by atoms with Crippen molar-refractivity contribution < 1.29 is 19.5 Å². The van der Waals surface area contributed by atoms with Crippen LogP contribution in [0.15, 0.2) is 48.8 Å². The van der Waals surface area contributed by atoms with Crippen molar-refractivity contribution in [2.75, 3.05) is 13.2 Å². The number of hydroxylamine groups is 1. The molecule has 0 atom stereocenters. The highest BCUT2D eigenvalue weighted by molar-refractivity contribution is 5.97. The number of nitrogens with zero attached hydrogens (tertiary/aromatic N) is 1. The Morgan fingerprint density at radius 3 is 2.60 bits per heavy atom. The molecule has 2 amide bonds. The number of H-pyrrole nitrogens is 1. The fourth-order valence-electron chi connectivity index (χ4n) is 2.28. The quantitative estimate of drug-likeness (QED) is 0.308. The second-order valence-electron chi connectivity index (χ2n) is 5.20. The number of nitrogens with one attached hydrogen (secondary N) is 3. The number of hydrogen-bond acceptors (Lipinski definition) is 5. The van der Waals surface area contributed by atoms with Crippen molar-refractivity contribution in [1.82, 2.24) is 20.8 Å². The monoisotopic (exact) mass is 340 g/mol. The Kier molecular flexibility index (Phi) is 4.91. The fraction of sp³-hybridized carbons (Fsp3) is 0.118. The first-order valence-electron chi connectivity index (χ1n) is 7.56. The van der Waals surface area contributed by atoms with Crippen molar-refractivity contribution in [3.8, 4) is 5.75 Å². The predicted molar refractivity (Wildman–Crippen MR) is 89.6 cm³/mol. The van der Waals surface area contributed by atoms with Gasteiger partial charge in [-0.05, 0) is 42.5 Å². The summed E-state index contributed by atoms with van der Waals surface area (Å²) in [4.78, 5) is 30.4. The van der Waals surface area contributed by atoms with E-state index in [0.29, 0.717) is 23.4 Å². The van der Waals surface area contributed by atoms with Gasteiger partial charge in [0.05, 0.1) is 23.9 Å². The van der Waals surface area contributed by atoms with E-state index in [-0.39, 0.29) is 12.5 Å². The van der Waals surface area contributed by atoms with Crippen molar-refractivity contribution in [1.29, 1.82) is 0 Å². The molecule has 0 unspecified atom stereocenters. The van der Waals surface area contributed by atoms with Crippen LogP contribution < -0.4 is 15.5 Å². The second-order valence-corrected chi connectivity index (χ2v) is 5.20. The maximum absolute atomic E-state index is 12.1. The number of ether oxygens (including phenoxy) is 1. The normalized spacial score (nSPS) is 10.4.